The standard InChI is InChI=1S/C24H31NO2/c1-19(21-12-8-5-9-13-21)16-22(26)25-15-14-24(27,18-23(25,2)3)17-20-10-6-4-7-11-20/h4-13,19,27H,14-18H2,1-3H3/t19-,24-/m1/s1. The zero-order chi connectivity index (χ0) is 19.5. The molecule has 1 aliphatic heterocycles. The molecule has 1 heterocycles. The van der Waals surface area contributed by atoms with Crippen LogP contribution in [0.3, 0.4) is 0 Å². The molecule has 0 unspecified atom stereocenters. The van der Waals surface area contributed by atoms with Crippen molar-refractivity contribution in [3.8, 4) is 0 Å². The third-order valence-electron chi connectivity index (χ3n) is 5.82. The highest BCUT2D eigenvalue weighted by Crippen LogP contribution is 2.37. The lowest BCUT2D eigenvalue weighted by Gasteiger charge is -2.49. The fourth-order valence-electron chi connectivity index (χ4n) is 4.47. The first-order valence-corrected chi connectivity index (χ1v) is 9.91. The summed E-state index contributed by atoms with van der Waals surface area (Å²) in [5, 5.41) is 11.2. The Morgan fingerprint density at radius 3 is 2.26 bits per heavy atom. The van der Waals surface area contributed by atoms with Gasteiger partial charge in [0.15, 0.2) is 0 Å². The number of hydrogen-bond acceptors (Lipinski definition) is 2. The Morgan fingerprint density at radius 2 is 1.67 bits per heavy atom. The molecule has 1 saturated heterocycles. The maximum absolute atomic E-state index is 13.0. The van der Waals surface area contributed by atoms with Crippen LogP contribution in [0.25, 0.3) is 0 Å². The fourth-order valence-corrected chi connectivity index (χ4v) is 4.47. The number of carbonyl (C=O) groups excluding carboxylic acids is 1. The van der Waals surface area contributed by atoms with Gasteiger partial charge in [-0.05, 0) is 43.7 Å². The summed E-state index contributed by atoms with van der Waals surface area (Å²) in [6, 6.07) is 20.3. The zero-order valence-electron chi connectivity index (χ0n) is 16.7. The molecule has 0 aliphatic carbocycles. The van der Waals surface area contributed by atoms with Crippen molar-refractivity contribution in [1.82, 2.24) is 4.90 Å². The number of amides is 1. The Morgan fingerprint density at radius 1 is 1.07 bits per heavy atom. The van der Waals surface area contributed by atoms with Crippen molar-refractivity contribution < 1.29 is 9.90 Å². The second-order valence-corrected chi connectivity index (χ2v) is 8.69. The molecule has 144 valence electrons. The van der Waals surface area contributed by atoms with Gasteiger partial charge in [-0.2, -0.15) is 0 Å². The summed E-state index contributed by atoms with van der Waals surface area (Å²) in [5.41, 5.74) is 1.23. The largest absolute Gasteiger partial charge is 0.389 e. The molecule has 0 spiro atoms. The molecule has 1 fully saturated rings. The molecule has 2 aromatic carbocycles. The third kappa shape index (κ3) is 4.78. The van der Waals surface area contributed by atoms with Gasteiger partial charge in [0.25, 0.3) is 0 Å². The molecule has 3 nitrogen and oxygen atoms in total. The van der Waals surface area contributed by atoms with Gasteiger partial charge in [-0.3, -0.25) is 4.79 Å². The van der Waals surface area contributed by atoms with Gasteiger partial charge in [0.2, 0.25) is 5.91 Å². The van der Waals surface area contributed by atoms with Gasteiger partial charge in [-0.25, -0.2) is 0 Å². The molecule has 0 aromatic heterocycles. The molecule has 27 heavy (non-hydrogen) atoms. The molecule has 1 N–H and O–H groups in total. The van der Waals surface area contributed by atoms with E-state index in [2.05, 4.69) is 45.0 Å². The normalized spacial score (nSPS) is 23.0. The number of rotatable bonds is 5. The predicted molar refractivity (Wildman–Crippen MR) is 110 cm³/mol. The lowest BCUT2D eigenvalue weighted by Crippen LogP contribution is -2.59. The first-order chi connectivity index (χ1) is 12.8. The van der Waals surface area contributed by atoms with Gasteiger partial charge in [0.05, 0.1) is 5.60 Å². The number of aliphatic hydroxyl groups is 1. The number of hydrogen-bond donors (Lipinski definition) is 1. The monoisotopic (exact) mass is 365 g/mol. The molecular weight excluding hydrogens is 334 g/mol. The summed E-state index contributed by atoms with van der Waals surface area (Å²) < 4.78 is 0. The maximum Gasteiger partial charge on any atom is 0.223 e. The quantitative estimate of drug-likeness (QED) is 0.844. The molecule has 2 aromatic rings. The third-order valence-corrected chi connectivity index (χ3v) is 5.82. The molecule has 0 bridgehead atoms. The summed E-state index contributed by atoms with van der Waals surface area (Å²) in [6.07, 6.45) is 2.36. The molecule has 1 amide bonds. The molecule has 0 radical (unpaired) electrons. The molecular formula is C24H31NO2. The SMILES string of the molecule is C[C@H](CC(=O)N1CC[C@@](O)(Cc2ccccc2)CC1(C)C)c1ccccc1. The van der Waals surface area contributed by atoms with E-state index in [4.69, 9.17) is 0 Å². The number of piperidine rings is 1. The van der Waals surface area contributed by atoms with Crippen molar-refractivity contribution in [3.05, 3.63) is 71.8 Å². The van der Waals surface area contributed by atoms with E-state index in [0.717, 1.165) is 5.56 Å². The van der Waals surface area contributed by atoms with Crippen LogP contribution in [0, 0.1) is 0 Å². The minimum Gasteiger partial charge on any atom is -0.389 e. The van der Waals surface area contributed by atoms with Crippen molar-refractivity contribution in [3.63, 3.8) is 0 Å². The van der Waals surface area contributed by atoms with Crippen LogP contribution < -0.4 is 0 Å². The Hall–Kier alpha value is -2.13. The van der Waals surface area contributed by atoms with Crippen LogP contribution in [-0.2, 0) is 11.2 Å². The average Bonchev–Trinajstić information content (AvgIpc) is 2.62. The van der Waals surface area contributed by atoms with E-state index in [0.29, 0.717) is 32.2 Å². The van der Waals surface area contributed by atoms with Gasteiger partial charge in [-0.1, -0.05) is 67.6 Å². The number of benzene rings is 2. The Labute approximate surface area is 163 Å². The first kappa shape index (κ1) is 19.6. The van der Waals surface area contributed by atoms with E-state index in [1.807, 2.05) is 41.3 Å². The van der Waals surface area contributed by atoms with Crippen molar-refractivity contribution in [1.29, 1.82) is 0 Å². The van der Waals surface area contributed by atoms with Crippen molar-refractivity contribution >= 4 is 5.91 Å². The summed E-state index contributed by atoms with van der Waals surface area (Å²) in [6.45, 7) is 6.87. The van der Waals surface area contributed by atoms with Gasteiger partial charge < -0.3 is 10.0 Å². The summed E-state index contributed by atoms with van der Waals surface area (Å²) in [5.74, 6) is 0.373. The summed E-state index contributed by atoms with van der Waals surface area (Å²) in [4.78, 5) is 15.0. The van der Waals surface area contributed by atoms with Crippen molar-refractivity contribution in [2.75, 3.05) is 6.54 Å². The van der Waals surface area contributed by atoms with E-state index >= 15 is 0 Å². The highest BCUT2D eigenvalue weighted by atomic mass is 16.3. The minimum absolute atomic E-state index is 0.179. The molecule has 3 heteroatoms. The summed E-state index contributed by atoms with van der Waals surface area (Å²) in [7, 11) is 0. The predicted octanol–water partition coefficient (Wildman–Crippen LogP) is 4.56. The highest BCUT2D eigenvalue weighted by Gasteiger charge is 2.44. The maximum atomic E-state index is 13.0. The van der Waals surface area contributed by atoms with Crippen LogP contribution in [0.15, 0.2) is 60.7 Å². The van der Waals surface area contributed by atoms with Gasteiger partial charge in [0, 0.05) is 24.9 Å². The first-order valence-electron chi connectivity index (χ1n) is 9.91. The Balaban J connectivity index is 1.65. The molecule has 1 aliphatic rings. The van der Waals surface area contributed by atoms with Crippen LogP contribution in [0.4, 0.5) is 0 Å². The molecule has 0 saturated carbocycles. The molecule has 2 atom stereocenters. The highest BCUT2D eigenvalue weighted by molar-refractivity contribution is 5.78. The second-order valence-electron chi connectivity index (χ2n) is 8.69. The average molecular weight is 366 g/mol. The number of nitrogens with zero attached hydrogens (tertiary/aromatic N) is 1. The van der Waals surface area contributed by atoms with E-state index in [9.17, 15) is 9.90 Å². The topological polar surface area (TPSA) is 40.5 Å². The Kier molecular flexibility index (Phi) is 5.71. The zero-order valence-corrected chi connectivity index (χ0v) is 16.7. The smallest absolute Gasteiger partial charge is 0.223 e. The lowest BCUT2D eigenvalue weighted by atomic mass is 9.76. The van der Waals surface area contributed by atoms with Gasteiger partial charge >= 0.3 is 0 Å². The van der Waals surface area contributed by atoms with Gasteiger partial charge in [-0.15, -0.1) is 0 Å². The minimum atomic E-state index is -0.757. The van der Waals surface area contributed by atoms with Crippen LogP contribution in [0.5, 0.6) is 0 Å². The number of likely N-dealkylation sites (tertiary alicyclic amines) is 1. The van der Waals surface area contributed by atoms with Crippen LogP contribution in [-0.4, -0.2) is 33.6 Å². The van der Waals surface area contributed by atoms with Crippen LogP contribution in [0.1, 0.15) is 57.1 Å². The second kappa shape index (κ2) is 7.85. The molecule has 3 rings (SSSR count). The van der Waals surface area contributed by atoms with E-state index in [1.54, 1.807) is 0 Å². The van der Waals surface area contributed by atoms with Crippen molar-refractivity contribution in [2.24, 2.45) is 0 Å². The van der Waals surface area contributed by atoms with E-state index in [-0.39, 0.29) is 17.4 Å². The van der Waals surface area contributed by atoms with E-state index in [1.165, 1.54) is 5.56 Å². The summed E-state index contributed by atoms with van der Waals surface area (Å²) >= 11 is 0. The van der Waals surface area contributed by atoms with Crippen LogP contribution in [0.2, 0.25) is 0 Å². The fraction of sp³-hybridized carbons (Fsp3) is 0.458. The van der Waals surface area contributed by atoms with E-state index < -0.39 is 5.60 Å². The number of carbonyl (C=O) groups is 1. The Bertz CT molecular complexity index is 756. The van der Waals surface area contributed by atoms with Crippen LogP contribution >= 0.6 is 0 Å². The van der Waals surface area contributed by atoms with Crippen molar-refractivity contribution in [2.45, 2.75) is 63.5 Å². The van der Waals surface area contributed by atoms with Gasteiger partial charge in [0.1, 0.15) is 0 Å². The lowest BCUT2D eigenvalue weighted by molar-refractivity contribution is -0.147.